The summed E-state index contributed by atoms with van der Waals surface area (Å²) in [5, 5.41) is 17.5. The smallest absolute Gasteiger partial charge is 0.273 e. The van der Waals surface area contributed by atoms with E-state index in [2.05, 4.69) is 17.6 Å². The number of hydrogen-bond donors (Lipinski definition) is 2. The van der Waals surface area contributed by atoms with E-state index in [1.54, 1.807) is 6.07 Å². The van der Waals surface area contributed by atoms with E-state index in [0.717, 1.165) is 12.0 Å². The Morgan fingerprint density at radius 2 is 2.00 bits per heavy atom. The lowest BCUT2D eigenvalue weighted by Gasteiger charge is -2.20. The molecule has 2 aromatic rings. The molecule has 2 N–H and O–H groups in total. The quantitative estimate of drug-likeness (QED) is 0.467. The molecule has 0 aromatic heterocycles. The van der Waals surface area contributed by atoms with Crippen molar-refractivity contribution >= 4 is 28.7 Å². The minimum Gasteiger partial charge on any atom is -0.494 e. The van der Waals surface area contributed by atoms with Gasteiger partial charge >= 0.3 is 0 Å². The summed E-state index contributed by atoms with van der Waals surface area (Å²) in [7, 11) is 1.46. The molecule has 0 aliphatic rings. The zero-order valence-corrected chi connectivity index (χ0v) is 14.3. The second-order valence-electron chi connectivity index (χ2n) is 5.11. The topological polar surface area (TPSA) is 76.4 Å². The lowest BCUT2D eigenvalue weighted by molar-refractivity contribution is -0.384. The first-order valence-electron chi connectivity index (χ1n) is 7.50. The molecule has 0 fully saturated rings. The zero-order valence-electron chi connectivity index (χ0n) is 13.5. The fourth-order valence-corrected chi connectivity index (χ4v) is 2.57. The number of methoxy groups -OCH3 is 1. The lowest BCUT2D eigenvalue weighted by atomic mass is 10.1. The van der Waals surface area contributed by atoms with E-state index in [0.29, 0.717) is 16.5 Å². The summed E-state index contributed by atoms with van der Waals surface area (Å²) in [5.74, 6) is 0.362. The Morgan fingerprint density at radius 3 is 2.58 bits per heavy atom. The number of hydrogen-bond acceptors (Lipinski definition) is 4. The second-order valence-corrected chi connectivity index (χ2v) is 5.52. The molecular weight excluding hydrogens is 326 g/mol. The fraction of sp³-hybridized carbons (Fsp3) is 0.235. The largest absolute Gasteiger partial charge is 0.494 e. The number of ether oxygens (including phenoxy) is 1. The fourth-order valence-electron chi connectivity index (χ4n) is 2.32. The highest BCUT2D eigenvalue weighted by Gasteiger charge is 2.14. The second kappa shape index (κ2) is 8.26. The van der Waals surface area contributed by atoms with E-state index >= 15 is 0 Å². The number of non-ortho nitro benzene ring substituents is 1. The number of rotatable bonds is 6. The number of nitro groups is 1. The highest BCUT2D eigenvalue weighted by Crippen LogP contribution is 2.29. The summed E-state index contributed by atoms with van der Waals surface area (Å²) >= 11 is 5.36. The van der Waals surface area contributed by atoms with Crippen LogP contribution in [0.1, 0.15) is 24.9 Å². The average Bonchev–Trinajstić information content (AvgIpc) is 2.60. The molecule has 2 rings (SSSR count). The number of nitrogens with zero attached hydrogens (tertiary/aromatic N) is 1. The number of thiocarbonyl (C=S) groups is 1. The zero-order chi connectivity index (χ0) is 17.5. The molecule has 0 bridgehead atoms. The molecule has 6 nitrogen and oxygen atoms in total. The Morgan fingerprint density at radius 1 is 1.29 bits per heavy atom. The van der Waals surface area contributed by atoms with Crippen molar-refractivity contribution in [1.29, 1.82) is 0 Å². The minimum absolute atomic E-state index is 0.0352. The van der Waals surface area contributed by atoms with Crippen LogP contribution in [0, 0.1) is 10.1 Å². The normalized spacial score (nSPS) is 11.4. The molecule has 0 aliphatic carbocycles. The Labute approximate surface area is 146 Å². The van der Waals surface area contributed by atoms with Gasteiger partial charge in [0.05, 0.1) is 29.8 Å². The van der Waals surface area contributed by atoms with Gasteiger partial charge in [-0.05, 0) is 30.3 Å². The van der Waals surface area contributed by atoms with Gasteiger partial charge in [-0.2, -0.15) is 0 Å². The SMILES string of the molecule is CCC(NC(=S)Nc1ccc([N+](=O)[O-])cc1OC)c1ccccc1. The highest BCUT2D eigenvalue weighted by atomic mass is 32.1. The van der Waals surface area contributed by atoms with Crippen LogP contribution in [-0.4, -0.2) is 17.1 Å². The van der Waals surface area contributed by atoms with Crippen LogP contribution in [0.5, 0.6) is 5.75 Å². The van der Waals surface area contributed by atoms with E-state index in [9.17, 15) is 10.1 Å². The van der Waals surface area contributed by atoms with Crippen molar-refractivity contribution in [3.8, 4) is 5.75 Å². The molecule has 1 atom stereocenters. The standard InChI is InChI=1S/C17H19N3O3S/c1-3-14(12-7-5-4-6-8-12)18-17(24)19-15-10-9-13(20(21)22)11-16(15)23-2/h4-11,14H,3H2,1-2H3,(H2,18,19,24). The van der Waals surface area contributed by atoms with Crippen molar-refractivity contribution in [2.24, 2.45) is 0 Å². The predicted octanol–water partition coefficient (Wildman–Crippen LogP) is 4.04. The third-order valence-electron chi connectivity index (χ3n) is 3.56. The maximum Gasteiger partial charge on any atom is 0.273 e. The van der Waals surface area contributed by atoms with Gasteiger partial charge in [-0.1, -0.05) is 37.3 Å². The molecular formula is C17H19N3O3S. The summed E-state index contributed by atoms with van der Waals surface area (Å²) in [6.45, 7) is 2.07. The maximum absolute atomic E-state index is 10.8. The van der Waals surface area contributed by atoms with Crippen molar-refractivity contribution in [1.82, 2.24) is 5.32 Å². The van der Waals surface area contributed by atoms with Crippen molar-refractivity contribution in [2.75, 3.05) is 12.4 Å². The molecule has 24 heavy (non-hydrogen) atoms. The van der Waals surface area contributed by atoms with Gasteiger partial charge in [0.1, 0.15) is 5.75 Å². The average molecular weight is 345 g/mol. The van der Waals surface area contributed by atoms with Crippen molar-refractivity contribution < 1.29 is 9.66 Å². The number of benzene rings is 2. The molecule has 126 valence electrons. The van der Waals surface area contributed by atoms with Gasteiger partial charge in [-0.15, -0.1) is 0 Å². The monoisotopic (exact) mass is 345 g/mol. The van der Waals surface area contributed by atoms with Crippen LogP contribution in [0.15, 0.2) is 48.5 Å². The summed E-state index contributed by atoms with van der Waals surface area (Å²) in [4.78, 5) is 10.4. The summed E-state index contributed by atoms with van der Waals surface area (Å²) in [5.41, 5.74) is 1.68. The van der Waals surface area contributed by atoms with Crippen molar-refractivity contribution in [3.63, 3.8) is 0 Å². The molecule has 0 saturated carbocycles. The van der Waals surface area contributed by atoms with Gasteiger partial charge in [-0.3, -0.25) is 10.1 Å². The van der Waals surface area contributed by atoms with E-state index in [4.69, 9.17) is 17.0 Å². The van der Waals surface area contributed by atoms with Gasteiger partial charge < -0.3 is 15.4 Å². The molecule has 0 radical (unpaired) electrons. The molecule has 0 heterocycles. The molecule has 1 unspecified atom stereocenters. The Balaban J connectivity index is 2.10. The lowest BCUT2D eigenvalue weighted by Crippen LogP contribution is -2.32. The van der Waals surface area contributed by atoms with Crippen LogP contribution in [0.2, 0.25) is 0 Å². The predicted molar refractivity (Wildman–Crippen MR) is 98.5 cm³/mol. The van der Waals surface area contributed by atoms with Gasteiger partial charge in [0.25, 0.3) is 5.69 Å². The van der Waals surface area contributed by atoms with Crippen LogP contribution in [0.4, 0.5) is 11.4 Å². The first-order valence-corrected chi connectivity index (χ1v) is 7.90. The van der Waals surface area contributed by atoms with Gasteiger partial charge in [0.15, 0.2) is 5.11 Å². The van der Waals surface area contributed by atoms with Crippen LogP contribution in [0.3, 0.4) is 0 Å². The van der Waals surface area contributed by atoms with E-state index < -0.39 is 4.92 Å². The molecule has 0 spiro atoms. The summed E-state index contributed by atoms with van der Waals surface area (Å²) < 4.78 is 5.20. The van der Waals surface area contributed by atoms with Crippen molar-refractivity contribution in [3.05, 3.63) is 64.2 Å². The number of nitro benzene ring substituents is 1. The molecule has 0 aliphatic heterocycles. The minimum atomic E-state index is -0.467. The molecule has 2 aromatic carbocycles. The first kappa shape index (κ1) is 17.7. The highest BCUT2D eigenvalue weighted by molar-refractivity contribution is 7.80. The summed E-state index contributed by atoms with van der Waals surface area (Å²) in [6, 6.07) is 14.4. The Hall–Kier alpha value is -2.67. The van der Waals surface area contributed by atoms with Gasteiger partial charge in [0, 0.05) is 6.07 Å². The van der Waals surface area contributed by atoms with E-state index in [-0.39, 0.29) is 11.7 Å². The summed E-state index contributed by atoms with van der Waals surface area (Å²) in [6.07, 6.45) is 0.864. The van der Waals surface area contributed by atoms with Crippen LogP contribution in [0.25, 0.3) is 0 Å². The van der Waals surface area contributed by atoms with E-state index in [1.165, 1.54) is 19.2 Å². The third kappa shape index (κ3) is 4.42. The Bertz CT molecular complexity index is 722. The van der Waals surface area contributed by atoms with Gasteiger partial charge in [-0.25, -0.2) is 0 Å². The number of anilines is 1. The molecule has 7 heteroatoms. The van der Waals surface area contributed by atoms with Crippen LogP contribution in [-0.2, 0) is 0 Å². The van der Waals surface area contributed by atoms with Crippen molar-refractivity contribution in [2.45, 2.75) is 19.4 Å². The number of nitrogens with one attached hydrogen (secondary N) is 2. The third-order valence-corrected chi connectivity index (χ3v) is 3.78. The van der Waals surface area contributed by atoms with E-state index in [1.807, 2.05) is 30.3 Å². The Kier molecular flexibility index (Phi) is 6.08. The maximum atomic E-state index is 10.8. The molecule has 0 amide bonds. The van der Waals surface area contributed by atoms with Crippen LogP contribution >= 0.6 is 12.2 Å². The van der Waals surface area contributed by atoms with Gasteiger partial charge in [0.2, 0.25) is 0 Å². The molecule has 0 saturated heterocycles. The van der Waals surface area contributed by atoms with Crippen LogP contribution < -0.4 is 15.4 Å². The first-order chi connectivity index (χ1) is 11.5.